The molecule has 0 spiro atoms. The Hall–Kier alpha value is -3.52. The van der Waals surface area contributed by atoms with Gasteiger partial charge in [-0.1, -0.05) is 48.4 Å². The normalized spacial score (nSPS) is 14.1. The van der Waals surface area contributed by atoms with Gasteiger partial charge in [-0.15, -0.1) is 0 Å². The summed E-state index contributed by atoms with van der Waals surface area (Å²) in [6.45, 7) is 2.39. The van der Waals surface area contributed by atoms with E-state index in [1.165, 1.54) is 11.3 Å². The average molecular weight is 461 g/mol. The Morgan fingerprint density at radius 3 is 2.48 bits per heavy atom. The molecule has 3 N–H and O–H groups in total. The van der Waals surface area contributed by atoms with Crippen LogP contribution in [-0.4, -0.2) is 16.9 Å². The molecule has 5 rings (SSSR count). The van der Waals surface area contributed by atoms with Crippen molar-refractivity contribution in [2.75, 3.05) is 16.0 Å². The van der Waals surface area contributed by atoms with Gasteiger partial charge in [0, 0.05) is 18.2 Å². The van der Waals surface area contributed by atoms with Crippen molar-refractivity contribution in [3.63, 3.8) is 0 Å². The summed E-state index contributed by atoms with van der Waals surface area (Å²) in [6.07, 6.45) is 4.35. The van der Waals surface area contributed by atoms with Crippen LogP contribution < -0.4 is 26.8 Å². The molecule has 168 valence electrons. The van der Waals surface area contributed by atoms with Gasteiger partial charge in [0.05, 0.1) is 10.2 Å². The van der Waals surface area contributed by atoms with Crippen molar-refractivity contribution in [2.45, 2.75) is 45.2 Å². The Labute approximate surface area is 194 Å². The van der Waals surface area contributed by atoms with E-state index in [-0.39, 0.29) is 11.9 Å². The van der Waals surface area contributed by atoms with Gasteiger partial charge in [0.1, 0.15) is 11.4 Å². The number of hydrogen-bond acceptors (Lipinski definition) is 7. The molecule has 33 heavy (non-hydrogen) atoms. The Morgan fingerprint density at radius 2 is 1.76 bits per heavy atom. The highest BCUT2D eigenvalue weighted by Crippen LogP contribution is 2.28. The second kappa shape index (κ2) is 8.78. The van der Waals surface area contributed by atoms with Gasteiger partial charge in [0.25, 0.3) is 16.8 Å². The molecule has 1 aliphatic carbocycles. The number of amides is 1. The fourth-order valence-electron chi connectivity index (χ4n) is 4.25. The number of fused-ring (bicyclic) bond motifs is 1. The van der Waals surface area contributed by atoms with Gasteiger partial charge >= 0.3 is 0 Å². The molecule has 3 aromatic carbocycles. The first-order valence-corrected chi connectivity index (χ1v) is 11.9. The summed E-state index contributed by atoms with van der Waals surface area (Å²) in [6, 6.07) is 13.4. The van der Waals surface area contributed by atoms with Crippen molar-refractivity contribution in [1.82, 2.24) is 4.98 Å². The SMILES string of the molecule is Cc1cccc2sc(NC(=O)c3ccc(CNc4c(NC5CCCC5)c(=O)c4=O)cc3)nc12. The maximum absolute atomic E-state index is 12.6. The van der Waals surface area contributed by atoms with Gasteiger partial charge in [-0.2, -0.15) is 0 Å². The van der Waals surface area contributed by atoms with Crippen LogP contribution in [0.4, 0.5) is 16.5 Å². The predicted molar refractivity (Wildman–Crippen MR) is 133 cm³/mol. The lowest BCUT2D eigenvalue weighted by molar-refractivity contribution is 0.102. The molecule has 1 saturated carbocycles. The number of carbonyl (C=O) groups is 1. The summed E-state index contributed by atoms with van der Waals surface area (Å²) in [5.74, 6) is -0.225. The van der Waals surface area contributed by atoms with Crippen molar-refractivity contribution >= 4 is 44.0 Å². The zero-order valence-corrected chi connectivity index (χ0v) is 19.1. The third kappa shape index (κ3) is 4.26. The Morgan fingerprint density at radius 1 is 1.03 bits per heavy atom. The summed E-state index contributed by atoms with van der Waals surface area (Å²) < 4.78 is 1.03. The average Bonchev–Trinajstić information content (AvgIpc) is 3.49. The van der Waals surface area contributed by atoms with Crippen molar-refractivity contribution in [1.29, 1.82) is 0 Å². The molecule has 1 heterocycles. The van der Waals surface area contributed by atoms with Crippen molar-refractivity contribution in [3.05, 3.63) is 79.6 Å². The number of nitrogens with one attached hydrogen (secondary N) is 3. The molecular weight excluding hydrogens is 436 g/mol. The van der Waals surface area contributed by atoms with E-state index in [0.717, 1.165) is 47.0 Å². The molecule has 1 fully saturated rings. The number of aromatic nitrogens is 1. The minimum absolute atomic E-state index is 0.225. The van der Waals surface area contributed by atoms with Crippen LogP contribution in [0.25, 0.3) is 10.2 Å². The number of para-hydroxylation sites is 1. The summed E-state index contributed by atoms with van der Waals surface area (Å²) in [7, 11) is 0. The van der Waals surface area contributed by atoms with Crippen LogP contribution in [-0.2, 0) is 6.54 Å². The maximum Gasteiger partial charge on any atom is 0.257 e. The molecule has 0 unspecified atom stereocenters. The van der Waals surface area contributed by atoms with Crippen LogP contribution in [0.1, 0.15) is 47.2 Å². The van der Waals surface area contributed by atoms with Crippen molar-refractivity contribution in [2.24, 2.45) is 0 Å². The lowest BCUT2D eigenvalue weighted by Crippen LogP contribution is -2.39. The highest BCUT2D eigenvalue weighted by Gasteiger charge is 2.24. The molecule has 4 aromatic rings. The van der Waals surface area contributed by atoms with E-state index in [2.05, 4.69) is 20.9 Å². The number of benzene rings is 2. The van der Waals surface area contributed by atoms with E-state index in [1.807, 2.05) is 37.3 Å². The largest absolute Gasteiger partial charge is 0.377 e. The molecule has 1 amide bonds. The summed E-state index contributed by atoms with van der Waals surface area (Å²) in [5.41, 5.74) is 3.26. The second-order valence-electron chi connectivity index (χ2n) is 8.48. The summed E-state index contributed by atoms with van der Waals surface area (Å²) >= 11 is 1.45. The summed E-state index contributed by atoms with van der Waals surface area (Å²) in [4.78, 5) is 41.1. The van der Waals surface area contributed by atoms with Gasteiger partial charge < -0.3 is 10.6 Å². The van der Waals surface area contributed by atoms with Crippen LogP contribution in [0.2, 0.25) is 0 Å². The number of hydrogen-bond donors (Lipinski definition) is 3. The molecule has 0 radical (unpaired) electrons. The Kier molecular flexibility index (Phi) is 5.68. The third-order valence-corrected chi connectivity index (χ3v) is 7.08. The predicted octanol–water partition coefficient (Wildman–Crippen LogP) is 4.42. The van der Waals surface area contributed by atoms with Crippen LogP contribution in [0.15, 0.2) is 52.1 Å². The quantitative estimate of drug-likeness (QED) is 0.353. The maximum atomic E-state index is 12.6. The van der Waals surface area contributed by atoms with E-state index >= 15 is 0 Å². The minimum Gasteiger partial charge on any atom is -0.377 e. The van der Waals surface area contributed by atoms with Crippen molar-refractivity contribution < 1.29 is 4.79 Å². The number of rotatable bonds is 7. The van der Waals surface area contributed by atoms with Gasteiger partial charge in [-0.3, -0.25) is 19.7 Å². The highest BCUT2D eigenvalue weighted by molar-refractivity contribution is 7.22. The zero-order valence-electron chi connectivity index (χ0n) is 18.2. The molecule has 0 bridgehead atoms. The highest BCUT2D eigenvalue weighted by atomic mass is 32.1. The molecule has 0 aliphatic heterocycles. The topological polar surface area (TPSA) is 100 Å². The first-order chi connectivity index (χ1) is 16.0. The van der Waals surface area contributed by atoms with Crippen LogP contribution >= 0.6 is 11.3 Å². The monoisotopic (exact) mass is 460 g/mol. The number of anilines is 3. The summed E-state index contributed by atoms with van der Waals surface area (Å²) in [5, 5.41) is 9.75. The molecular formula is C25H24N4O3S. The number of thiazole rings is 1. The number of aryl methyl sites for hydroxylation is 1. The fraction of sp³-hybridized carbons (Fsp3) is 0.280. The molecule has 0 saturated heterocycles. The first-order valence-electron chi connectivity index (χ1n) is 11.1. The van der Waals surface area contributed by atoms with E-state index in [9.17, 15) is 14.4 Å². The molecule has 8 heteroatoms. The van der Waals surface area contributed by atoms with Crippen LogP contribution in [0.5, 0.6) is 0 Å². The van der Waals surface area contributed by atoms with E-state index in [1.54, 1.807) is 12.1 Å². The van der Waals surface area contributed by atoms with Gasteiger partial charge in [-0.25, -0.2) is 4.98 Å². The first kappa shape index (κ1) is 21.3. The molecule has 7 nitrogen and oxygen atoms in total. The second-order valence-corrected chi connectivity index (χ2v) is 9.51. The van der Waals surface area contributed by atoms with Crippen LogP contribution in [0, 0.1) is 6.92 Å². The molecule has 0 atom stereocenters. The van der Waals surface area contributed by atoms with Gasteiger partial charge in [0.2, 0.25) is 0 Å². The third-order valence-electron chi connectivity index (χ3n) is 6.14. The van der Waals surface area contributed by atoms with E-state index < -0.39 is 10.9 Å². The zero-order chi connectivity index (χ0) is 22.9. The van der Waals surface area contributed by atoms with E-state index in [0.29, 0.717) is 28.6 Å². The molecule has 1 aliphatic rings. The van der Waals surface area contributed by atoms with Gasteiger partial charge in [0.15, 0.2) is 5.13 Å². The number of carbonyl (C=O) groups excluding carboxylic acids is 1. The van der Waals surface area contributed by atoms with E-state index in [4.69, 9.17) is 0 Å². The van der Waals surface area contributed by atoms with Crippen molar-refractivity contribution in [3.8, 4) is 0 Å². The smallest absolute Gasteiger partial charge is 0.257 e. The minimum atomic E-state index is -0.474. The lowest BCUT2D eigenvalue weighted by atomic mass is 10.1. The van der Waals surface area contributed by atoms with Crippen LogP contribution in [0.3, 0.4) is 0 Å². The lowest BCUT2D eigenvalue weighted by Gasteiger charge is -2.18. The fourth-order valence-corrected chi connectivity index (χ4v) is 5.18. The standard InChI is InChI=1S/C25H24N4O3S/c1-14-5-4-8-18-19(14)28-25(33-18)29-24(32)16-11-9-15(10-12-16)13-26-20-21(23(31)22(20)30)27-17-6-2-3-7-17/h4-5,8-12,17,26-27H,2-3,6-7,13H2,1H3,(H,28,29,32). The Balaban J connectivity index is 1.21. The number of nitrogens with zero attached hydrogens (tertiary/aromatic N) is 1. The van der Waals surface area contributed by atoms with Gasteiger partial charge in [-0.05, 0) is 49.1 Å². The Bertz CT molecular complexity index is 1390. The molecule has 1 aromatic heterocycles.